The Balaban J connectivity index is 2.16. The molecule has 0 aromatic heterocycles. The first-order valence-electron chi connectivity index (χ1n) is 5.20. The number of hydrogen-bond donors (Lipinski definition) is 1. The molecule has 1 nitrogen and oxygen atoms in total. The van der Waals surface area contributed by atoms with Crippen LogP contribution in [0, 0.1) is 5.82 Å². The normalized spacial score (nSPS) is 10.4. The van der Waals surface area contributed by atoms with Crippen molar-refractivity contribution in [3.05, 3.63) is 62.8 Å². The minimum atomic E-state index is -0.426. The summed E-state index contributed by atoms with van der Waals surface area (Å²) < 4.78 is 13.7. The largest absolute Gasteiger partial charge is 0.380 e. The number of rotatable bonds is 3. The SMILES string of the molecule is Fc1c(Cl)cccc1CNc1cc(Cl)ccc1Cl. The van der Waals surface area contributed by atoms with Crippen LogP contribution in [0.25, 0.3) is 0 Å². The lowest BCUT2D eigenvalue weighted by molar-refractivity contribution is 0.613. The van der Waals surface area contributed by atoms with Crippen LogP contribution in [-0.4, -0.2) is 0 Å². The molecule has 0 atom stereocenters. The molecular formula is C13H9Cl3FN. The Morgan fingerprint density at radius 1 is 1.00 bits per heavy atom. The molecule has 2 aromatic carbocycles. The van der Waals surface area contributed by atoms with Crippen molar-refractivity contribution in [1.29, 1.82) is 0 Å². The monoisotopic (exact) mass is 303 g/mol. The lowest BCUT2D eigenvalue weighted by atomic mass is 10.2. The highest BCUT2D eigenvalue weighted by molar-refractivity contribution is 6.35. The van der Waals surface area contributed by atoms with Crippen LogP contribution in [-0.2, 0) is 6.54 Å². The third-order valence-corrected chi connectivity index (χ3v) is 3.29. The first-order valence-corrected chi connectivity index (χ1v) is 6.33. The minimum Gasteiger partial charge on any atom is -0.380 e. The molecule has 0 saturated carbocycles. The van der Waals surface area contributed by atoms with Gasteiger partial charge in [0.1, 0.15) is 5.82 Å². The number of anilines is 1. The van der Waals surface area contributed by atoms with E-state index in [4.69, 9.17) is 34.8 Å². The average Bonchev–Trinajstić information content (AvgIpc) is 2.35. The molecule has 18 heavy (non-hydrogen) atoms. The van der Waals surface area contributed by atoms with Crippen molar-refractivity contribution >= 4 is 40.5 Å². The molecule has 0 spiro atoms. The van der Waals surface area contributed by atoms with Crippen LogP contribution < -0.4 is 5.32 Å². The van der Waals surface area contributed by atoms with E-state index in [-0.39, 0.29) is 11.6 Å². The smallest absolute Gasteiger partial charge is 0.146 e. The van der Waals surface area contributed by atoms with Crippen molar-refractivity contribution in [2.24, 2.45) is 0 Å². The summed E-state index contributed by atoms with van der Waals surface area (Å²) in [7, 11) is 0. The fourth-order valence-electron chi connectivity index (χ4n) is 1.51. The molecule has 0 aliphatic rings. The van der Waals surface area contributed by atoms with Gasteiger partial charge in [-0.25, -0.2) is 4.39 Å². The van der Waals surface area contributed by atoms with Gasteiger partial charge in [0.15, 0.2) is 0 Å². The molecule has 0 bridgehead atoms. The van der Waals surface area contributed by atoms with Gasteiger partial charge in [-0.3, -0.25) is 0 Å². The van der Waals surface area contributed by atoms with Crippen LogP contribution >= 0.6 is 34.8 Å². The average molecular weight is 305 g/mol. The van der Waals surface area contributed by atoms with E-state index in [2.05, 4.69) is 5.32 Å². The van der Waals surface area contributed by atoms with Crippen LogP contribution in [0.1, 0.15) is 5.56 Å². The molecule has 2 aromatic rings. The van der Waals surface area contributed by atoms with Crippen LogP contribution in [0.3, 0.4) is 0 Å². The first kappa shape index (κ1) is 13.5. The second kappa shape index (κ2) is 5.79. The zero-order valence-corrected chi connectivity index (χ0v) is 11.5. The molecule has 94 valence electrons. The zero-order chi connectivity index (χ0) is 13.1. The highest BCUT2D eigenvalue weighted by Crippen LogP contribution is 2.26. The number of nitrogens with one attached hydrogen (secondary N) is 1. The fourth-order valence-corrected chi connectivity index (χ4v) is 2.06. The fraction of sp³-hybridized carbons (Fsp3) is 0.0769. The summed E-state index contributed by atoms with van der Waals surface area (Å²) in [6.07, 6.45) is 0. The van der Waals surface area contributed by atoms with Crippen LogP contribution in [0.4, 0.5) is 10.1 Å². The predicted molar refractivity (Wildman–Crippen MR) is 75.2 cm³/mol. The van der Waals surface area contributed by atoms with E-state index in [1.54, 1.807) is 30.3 Å². The summed E-state index contributed by atoms with van der Waals surface area (Å²) in [6, 6.07) is 9.92. The second-order valence-corrected chi connectivity index (χ2v) is 4.94. The molecule has 0 heterocycles. The van der Waals surface area contributed by atoms with Gasteiger partial charge in [0, 0.05) is 17.1 Å². The van der Waals surface area contributed by atoms with Gasteiger partial charge >= 0.3 is 0 Å². The molecule has 0 radical (unpaired) electrons. The molecule has 0 aliphatic heterocycles. The molecule has 0 unspecified atom stereocenters. The Hall–Kier alpha value is -0.960. The summed E-state index contributed by atoms with van der Waals surface area (Å²) in [5.41, 5.74) is 1.13. The Labute approximate surface area is 119 Å². The number of halogens is 4. The maximum Gasteiger partial charge on any atom is 0.146 e. The second-order valence-electron chi connectivity index (χ2n) is 3.69. The van der Waals surface area contributed by atoms with Gasteiger partial charge in [-0.1, -0.05) is 46.9 Å². The van der Waals surface area contributed by atoms with Gasteiger partial charge in [0.2, 0.25) is 0 Å². The molecule has 0 fully saturated rings. The van der Waals surface area contributed by atoms with Gasteiger partial charge in [0.05, 0.1) is 15.7 Å². The highest BCUT2D eigenvalue weighted by atomic mass is 35.5. The maximum absolute atomic E-state index is 13.7. The summed E-state index contributed by atoms with van der Waals surface area (Å²) in [4.78, 5) is 0. The molecule has 0 saturated heterocycles. The van der Waals surface area contributed by atoms with E-state index < -0.39 is 5.82 Å². The van der Waals surface area contributed by atoms with Crippen molar-refractivity contribution in [3.8, 4) is 0 Å². The quantitative estimate of drug-likeness (QED) is 0.800. The molecule has 2 rings (SSSR count). The minimum absolute atomic E-state index is 0.103. The van der Waals surface area contributed by atoms with E-state index in [0.29, 0.717) is 21.3 Å². The Morgan fingerprint density at radius 2 is 1.78 bits per heavy atom. The van der Waals surface area contributed by atoms with Crippen molar-refractivity contribution in [2.45, 2.75) is 6.54 Å². The van der Waals surface area contributed by atoms with E-state index in [1.165, 1.54) is 6.07 Å². The summed E-state index contributed by atoms with van der Waals surface area (Å²) in [5, 5.41) is 4.22. The van der Waals surface area contributed by atoms with Gasteiger partial charge in [-0.2, -0.15) is 0 Å². The van der Waals surface area contributed by atoms with E-state index in [9.17, 15) is 4.39 Å². The third-order valence-electron chi connectivity index (χ3n) is 2.43. The van der Waals surface area contributed by atoms with Gasteiger partial charge in [-0.05, 0) is 24.3 Å². The lowest BCUT2D eigenvalue weighted by Crippen LogP contribution is -2.02. The van der Waals surface area contributed by atoms with Gasteiger partial charge in [0.25, 0.3) is 0 Å². The molecular weight excluding hydrogens is 296 g/mol. The van der Waals surface area contributed by atoms with Crippen molar-refractivity contribution < 1.29 is 4.39 Å². The topological polar surface area (TPSA) is 12.0 Å². The number of hydrogen-bond acceptors (Lipinski definition) is 1. The lowest BCUT2D eigenvalue weighted by Gasteiger charge is -2.10. The van der Waals surface area contributed by atoms with E-state index >= 15 is 0 Å². The number of benzene rings is 2. The molecule has 5 heteroatoms. The molecule has 0 aliphatic carbocycles. The maximum atomic E-state index is 13.7. The Kier molecular flexibility index (Phi) is 4.33. The van der Waals surface area contributed by atoms with Crippen molar-refractivity contribution in [2.75, 3.05) is 5.32 Å². The summed E-state index contributed by atoms with van der Waals surface area (Å²) >= 11 is 17.6. The predicted octanol–water partition coefficient (Wildman–Crippen LogP) is 5.40. The van der Waals surface area contributed by atoms with Crippen LogP contribution in [0.5, 0.6) is 0 Å². The van der Waals surface area contributed by atoms with E-state index in [0.717, 1.165) is 0 Å². The summed E-state index contributed by atoms with van der Waals surface area (Å²) in [6.45, 7) is 0.284. The van der Waals surface area contributed by atoms with Gasteiger partial charge < -0.3 is 5.32 Å². The Bertz CT molecular complexity index is 570. The van der Waals surface area contributed by atoms with E-state index in [1.807, 2.05) is 0 Å². The Morgan fingerprint density at radius 3 is 2.56 bits per heavy atom. The third kappa shape index (κ3) is 3.08. The highest BCUT2D eigenvalue weighted by Gasteiger charge is 2.07. The van der Waals surface area contributed by atoms with Crippen LogP contribution in [0.15, 0.2) is 36.4 Å². The van der Waals surface area contributed by atoms with Crippen molar-refractivity contribution in [3.63, 3.8) is 0 Å². The summed E-state index contributed by atoms with van der Waals surface area (Å²) in [5.74, 6) is -0.426. The van der Waals surface area contributed by atoms with Crippen molar-refractivity contribution in [1.82, 2.24) is 0 Å². The van der Waals surface area contributed by atoms with Crippen LogP contribution in [0.2, 0.25) is 15.1 Å². The standard InChI is InChI=1S/C13H9Cl3FN/c14-9-4-5-10(15)12(6-9)18-7-8-2-1-3-11(16)13(8)17/h1-6,18H,7H2. The zero-order valence-electron chi connectivity index (χ0n) is 9.18. The van der Waals surface area contributed by atoms with Gasteiger partial charge in [-0.15, -0.1) is 0 Å². The molecule has 1 N–H and O–H groups in total. The first-order chi connectivity index (χ1) is 8.58. The molecule has 0 amide bonds.